The lowest BCUT2D eigenvalue weighted by Crippen LogP contribution is -2.06. The van der Waals surface area contributed by atoms with Crippen LogP contribution in [0.5, 0.6) is 0 Å². The molecular weight excluding hydrogens is 461 g/mol. The third-order valence-electron chi connectivity index (χ3n) is 2.56. The van der Waals surface area contributed by atoms with E-state index in [0.717, 1.165) is 19.4 Å². The second-order valence-electron chi connectivity index (χ2n) is 4.10. The minimum Gasteiger partial charge on any atom is -0.377 e. The van der Waals surface area contributed by atoms with Crippen LogP contribution in [0.3, 0.4) is 0 Å². The van der Waals surface area contributed by atoms with Gasteiger partial charge in [0.2, 0.25) is 0 Å². The smallest absolute Gasteiger partial charge is 0.180 e. The van der Waals surface area contributed by atoms with Gasteiger partial charge in [-0.3, -0.25) is 0 Å². The zero-order valence-corrected chi connectivity index (χ0v) is 15.6. The molecule has 2 aromatic rings. The van der Waals surface area contributed by atoms with Crippen LogP contribution in [-0.4, -0.2) is 11.4 Å². The maximum absolute atomic E-state index is 5.84. The van der Waals surface area contributed by atoms with Crippen molar-refractivity contribution < 1.29 is 0 Å². The Balaban J connectivity index is 1.94. The Kier molecular flexibility index (Phi) is 6.72. The van der Waals surface area contributed by atoms with Gasteiger partial charge in [-0.15, -0.1) is 5.10 Å². The number of hydrogen-bond acceptors (Lipinski definition) is 3. The van der Waals surface area contributed by atoms with Crippen molar-refractivity contribution in [2.45, 2.75) is 5.75 Å². The molecule has 3 nitrogen and oxygen atoms in total. The first-order chi connectivity index (χ1) is 10.2. The average molecular weight is 474 g/mol. The first-order valence-electron chi connectivity index (χ1n) is 6.14. The van der Waals surface area contributed by atoms with Gasteiger partial charge in [0, 0.05) is 19.4 Å². The average Bonchev–Trinajstić information content (AvgIpc) is 2.50. The van der Waals surface area contributed by atoms with Gasteiger partial charge in [0.15, 0.2) is 5.17 Å². The number of nitrogens with two attached hydrogens (primary N) is 1. The summed E-state index contributed by atoms with van der Waals surface area (Å²) in [5.74, 6) is 0.792. The topological polar surface area (TPSA) is 50.7 Å². The molecule has 0 unspecified atom stereocenters. The van der Waals surface area contributed by atoms with Gasteiger partial charge in [0.1, 0.15) is 0 Å². The lowest BCUT2D eigenvalue weighted by molar-refractivity contribution is 1.25. The minimum absolute atomic E-state index is 0.458. The maximum atomic E-state index is 5.84. The molecule has 0 spiro atoms. The van der Waals surface area contributed by atoms with Crippen molar-refractivity contribution in [3.05, 3.63) is 67.7 Å². The van der Waals surface area contributed by atoms with Crippen LogP contribution in [0.25, 0.3) is 0 Å². The molecule has 0 radical (unpaired) electrons. The molecule has 108 valence electrons. The normalized spacial score (nSPS) is 12.0. The van der Waals surface area contributed by atoms with E-state index in [2.05, 4.69) is 60.9 Å². The number of amidine groups is 1. The van der Waals surface area contributed by atoms with Crippen molar-refractivity contribution in [2.75, 3.05) is 0 Å². The van der Waals surface area contributed by atoms with Crippen LogP contribution in [0.1, 0.15) is 11.1 Å². The zero-order chi connectivity index (χ0) is 15.1. The molecule has 0 heterocycles. The molecule has 2 N–H and O–H groups in total. The molecule has 0 amide bonds. The number of thioether (sulfide) groups is 1. The lowest BCUT2D eigenvalue weighted by atomic mass is 10.2. The largest absolute Gasteiger partial charge is 0.377 e. The third-order valence-corrected chi connectivity index (χ3v) is 6.03. The van der Waals surface area contributed by atoms with E-state index in [1.807, 2.05) is 36.4 Å². The first-order valence-corrected chi connectivity index (χ1v) is 9.00. The molecule has 0 bridgehead atoms. The summed E-state index contributed by atoms with van der Waals surface area (Å²) in [4.78, 5) is 0. The number of halogens is 2. The predicted molar refractivity (Wildman–Crippen MR) is 104 cm³/mol. The Morgan fingerprint density at radius 2 is 1.95 bits per heavy atom. The highest BCUT2D eigenvalue weighted by atomic mass is 127. The lowest BCUT2D eigenvalue weighted by Gasteiger charge is -2.00. The van der Waals surface area contributed by atoms with Crippen molar-refractivity contribution in [3.8, 4) is 0 Å². The Bertz CT molecular complexity index is 659. The number of nitrogens with zero attached hydrogens (tertiary/aromatic N) is 2. The maximum Gasteiger partial charge on any atom is 0.180 e. The van der Waals surface area contributed by atoms with Crippen LogP contribution in [0.4, 0.5) is 0 Å². The van der Waals surface area contributed by atoms with Gasteiger partial charge in [-0.25, -0.2) is 0 Å². The summed E-state index contributed by atoms with van der Waals surface area (Å²) < 4.78 is 2.15. The summed E-state index contributed by atoms with van der Waals surface area (Å²) in [7, 11) is 0. The summed E-state index contributed by atoms with van der Waals surface area (Å²) in [6.45, 7) is 0. The number of hydrogen-bond donors (Lipinski definition) is 1. The van der Waals surface area contributed by atoms with Crippen LogP contribution in [-0.2, 0) is 5.75 Å². The molecule has 0 saturated carbocycles. The van der Waals surface area contributed by atoms with Crippen molar-refractivity contribution in [2.24, 2.45) is 15.9 Å². The monoisotopic (exact) mass is 473 g/mol. The second-order valence-corrected chi connectivity index (χ2v) is 7.03. The summed E-state index contributed by atoms with van der Waals surface area (Å²) in [6, 6.07) is 16.1. The molecule has 0 aliphatic carbocycles. The highest BCUT2D eigenvalue weighted by molar-refractivity contribution is 14.1. The van der Waals surface area contributed by atoms with E-state index < -0.39 is 0 Å². The quantitative estimate of drug-likeness (QED) is 0.304. The first kappa shape index (κ1) is 16.5. The fraction of sp³-hybridized carbons (Fsp3) is 0.0667. The van der Waals surface area contributed by atoms with Gasteiger partial charge in [-0.05, 0) is 50.2 Å². The molecular formula is C15H13BrIN3S. The van der Waals surface area contributed by atoms with E-state index >= 15 is 0 Å². The van der Waals surface area contributed by atoms with Gasteiger partial charge in [-0.2, -0.15) is 5.10 Å². The number of rotatable bonds is 4. The standard InChI is InChI=1S/C15H13BrIN3S/c16-13-8-4-7-12(14(13)17)9-19-20-15(18)21-10-11-5-2-1-3-6-11/h1-9H,10H2,(H2,18,20). The minimum atomic E-state index is 0.458. The van der Waals surface area contributed by atoms with Gasteiger partial charge < -0.3 is 5.73 Å². The summed E-state index contributed by atoms with van der Waals surface area (Å²) >= 11 is 7.22. The van der Waals surface area contributed by atoms with E-state index in [9.17, 15) is 0 Å². The predicted octanol–water partition coefficient (Wildman–Crippen LogP) is 4.64. The highest BCUT2D eigenvalue weighted by Crippen LogP contribution is 2.21. The second kappa shape index (κ2) is 8.55. The molecule has 0 aromatic heterocycles. The van der Waals surface area contributed by atoms with Crippen LogP contribution in [0.2, 0.25) is 0 Å². The van der Waals surface area contributed by atoms with E-state index in [0.29, 0.717) is 5.17 Å². The fourth-order valence-electron chi connectivity index (χ4n) is 1.53. The van der Waals surface area contributed by atoms with E-state index in [1.54, 1.807) is 6.21 Å². The molecule has 2 rings (SSSR count). The van der Waals surface area contributed by atoms with E-state index in [1.165, 1.54) is 17.3 Å². The molecule has 21 heavy (non-hydrogen) atoms. The molecule has 0 atom stereocenters. The molecule has 6 heteroatoms. The van der Waals surface area contributed by atoms with Gasteiger partial charge in [0.25, 0.3) is 0 Å². The van der Waals surface area contributed by atoms with Crippen molar-refractivity contribution in [3.63, 3.8) is 0 Å². The highest BCUT2D eigenvalue weighted by Gasteiger charge is 2.00. The van der Waals surface area contributed by atoms with E-state index in [-0.39, 0.29) is 0 Å². The third kappa shape index (κ3) is 5.44. The van der Waals surface area contributed by atoms with Gasteiger partial charge in [-0.1, -0.05) is 54.2 Å². The summed E-state index contributed by atoms with van der Waals surface area (Å²) in [5.41, 5.74) is 8.06. The van der Waals surface area contributed by atoms with Crippen molar-refractivity contribution in [1.29, 1.82) is 0 Å². The Labute approximate surface area is 150 Å². The molecule has 0 aliphatic rings. The van der Waals surface area contributed by atoms with Crippen LogP contribution < -0.4 is 5.73 Å². The van der Waals surface area contributed by atoms with Crippen LogP contribution >= 0.6 is 50.3 Å². The summed E-state index contributed by atoms with van der Waals surface area (Å²) in [5, 5.41) is 8.52. The SMILES string of the molecule is NC(=NN=Cc1cccc(Br)c1I)SCc1ccccc1. The number of benzene rings is 2. The van der Waals surface area contributed by atoms with E-state index in [4.69, 9.17) is 5.73 Å². The van der Waals surface area contributed by atoms with Crippen LogP contribution in [0.15, 0.2) is 63.2 Å². The Morgan fingerprint density at radius 1 is 1.19 bits per heavy atom. The van der Waals surface area contributed by atoms with Crippen molar-refractivity contribution >= 4 is 61.7 Å². The summed E-state index contributed by atoms with van der Waals surface area (Å²) in [6.07, 6.45) is 1.71. The fourth-order valence-corrected chi connectivity index (χ4v) is 3.02. The Hall–Kier alpha value is -0.860. The van der Waals surface area contributed by atoms with Crippen molar-refractivity contribution in [1.82, 2.24) is 0 Å². The molecule has 0 fully saturated rings. The molecule has 0 aliphatic heterocycles. The van der Waals surface area contributed by atoms with Gasteiger partial charge in [0.05, 0.1) is 6.21 Å². The zero-order valence-electron chi connectivity index (χ0n) is 11.0. The Morgan fingerprint density at radius 3 is 2.71 bits per heavy atom. The van der Waals surface area contributed by atoms with Gasteiger partial charge >= 0.3 is 0 Å². The molecule has 0 saturated heterocycles. The van der Waals surface area contributed by atoms with Crippen LogP contribution in [0, 0.1) is 3.57 Å². The molecule has 2 aromatic carbocycles.